The summed E-state index contributed by atoms with van der Waals surface area (Å²) < 4.78 is 4.89. The summed E-state index contributed by atoms with van der Waals surface area (Å²) in [5.74, 6) is 1.02. The Morgan fingerprint density at radius 2 is 2.10 bits per heavy atom. The van der Waals surface area contributed by atoms with Gasteiger partial charge in [-0.15, -0.1) is 0 Å². The van der Waals surface area contributed by atoms with Crippen LogP contribution in [0.15, 0.2) is 10.6 Å². The molecule has 0 atom stereocenters. The van der Waals surface area contributed by atoms with Crippen LogP contribution in [0.2, 0.25) is 0 Å². The first-order valence-corrected chi connectivity index (χ1v) is 7.02. The van der Waals surface area contributed by atoms with Crippen LogP contribution in [0.5, 0.6) is 0 Å². The first-order chi connectivity index (χ1) is 10.1. The van der Waals surface area contributed by atoms with Crippen LogP contribution < -0.4 is 11.1 Å². The van der Waals surface area contributed by atoms with Crippen molar-refractivity contribution in [2.24, 2.45) is 5.73 Å². The number of hydrogen-bond acceptors (Lipinski definition) is 6. The molecule has 0 spiro atoms. The molecule has 8 heteroatoms. The summed E-state index contributed by atoms with van der Waals surface area (Å²) in [6.45, 7) is 5.05. The average molecular weight is 295 g/mol. The molecule has 1 aliphatic heterocycles. The average Bonchev–Trinajstić information content (AvgIpc) is 2.85. The van der Waals surface area contributed by atoms with E-state index in [-0.39, 0.29) is 18.4 Å². The van der Waals surface area contributed by atoms with Gasteiger partial charge in [-0.3, -0.25) is 14.5 Å². The lowest BCUT2D eigenvalue weighted by molar-refractivity contribution is -0.132. The molecule has 2 heterocycles. The first kappa shape index (κ1) is 15.5. The highest BCUT2D eigenvalue weighted by atomic mass is 16.5. The van der Waals surface area contributed by atoms with Gasteiger partial charge in [0.1, 0.15) is 5.76 Å². The van der Waals surface area contributed by atoms with Crippen molar-refractivity contribution in [1.82, 2.24) is 15.0 Å². The molecule has 1 aromatic heterocycles. The topological polar surface area (TPSA) is 105 Å². The molecule has 1 saturated heterocycles. The minimum Gasteiger partial charge on any atom is -0.360 e. The minimum absolute atomic E-state index is 0.0830. The summed E-state index contributed by atoms with van der Waals surface area (Å²) in [6, 6.07) is 1.67. The van der Waals surface area contributed by atoms with Crippen LogP contribution in [0.25, 0.3) is 0 Å². The zero-order chi connectivity index (χ0) is 15.2. The summed E-state index contributed by atoms with van der Waals surface area (Å²) >= 11 is 0. The van der Waals surface area contributed by atoms with Gasteiger partial charge in [-0.1, -0.05) is 5.16 Å². The number of anilines is 1. The fraction of sp³-hybridized carbons (Fsp3) is 0.615. The van der Waals surface area contributed by atoms with E-state index in [1.165, 1.54) is 0 Å². The molecule has 0 aliphatic carbocycles. The van der Waals surface area contributed by atoms with E-state index < -0.39 is 0 Å². The Morgan fingerprint density at radius 3 is 2.67 bits per heavy atom. The van der Waals surface area contributed by atoms with E-state index in [4.69, 9.17) is 10.3 Å². The molecule has 1 fully saturated rings. The number of aryl methyl sites for hydroxylation is 1. The highest BCUT2D eigenvalue weighted by molar-refractivity contribution is 5.91. The maximum absolute atomic E-state index is 11.9. The number of nitrogens with zero attached hydrogens (tertiary/aromatic N) is 3. The largest absolute Gasteiger partial charge is 0.360 e. The third-order valence-electron chi connectivity index (χ3n) is 3.35. The number of piperazine rings is 1. The SMILES string of the molecule is Cc1cc(NC(=O)CN2CCN(C(=O)CCN)CC2)no1. The summed E-state index contributed by atoms with van der Waals surface area (Å²) in [4.78, 5) is 27.4. The van der Waals surface area contributed by atoms with Gasteiger partial charge in [0.05, 0.1) is 6.54 Å². The van der Waals surface area contributed by atoms with E-state index in [2.05, 4.69) is 10.5 Å². The zero-order valence-corrected chi connectivity index (χ0v) is 12.2. The van der Waals surface area contributed by atoms with Crippen molar-refractivity contribution < 1.29 is 14.1 Å². The van der Waals surface area contributed by atoms with Crippen molar-refractivity contribution in [2.45, 2.75) is 13.3 Å². The number of rotatable bonds is 5. The Hall–Kier alpha value is -1.93. The van der Waals surface area contributed by atoms with Gasteiger partial charge in [-0.25, -0.2) is 0 Å². The number of nitrogens with two attached hydrogens (primary N) is 1. The van der Waals surface area contributed by atoms with Crippen molar-refractivity contribution in [3.8, 4) is 0 Å². The number of amides is 2. The Labute approximate surface area is 123 Å². The molecule has 0 aromatic carbocycles. The van der Waals surface area contributed by atoms with E-state index in [9.17, 15) is 9.59 Å². The molecular formula is C13H21N5O3. The zero-order valence-electron chi connectivity index (χ0n) is 12.2. The number of nitrogens with one attached hydrogen (secondary N) is 1. The molecule has 0 bridgehead atoms. The fourth-order valence-electron chi connectivity index (χ4n) is 2.25. The minimum atomic E-state index is -0.134. The van der Waals surface area contributed by atoms with E-state index in [1.54, 1.807) is 17.9 Å². The highest BCUT2D eigenvalue weighted by Crippen LogP contribution is 2.08. The summed E-state index contributed by atoms with van der Waals surface area (Å²) in [6.07, 6.45) is 0.381. The van der Waals surface area contributed by atoms with Crippen LogP contribution in [-0.4, -0.2) is 66.0 Å². The second-order valence-corrected chi connectivity index (χ2v) is 5.07. The lowest BCUT2D eigenvalue weighted by atomic mass is 10.2. The molecule has 0 radical (unpaired) electrons. The van der Waals surface area contributed by atoms with Crippen LogP contribution >= 0.6 is 0 Å². The Morgan fingerprint density at radius 1 is 1.38 bits per heavy atom. The Kier molecular flexibility index (Phi) is 5.29. The lowest BCUT2D eigenvalue weighted by Crippen LogP contribution is -2.50. The number of aromatic nitrogens is 1. The molecule has 0 unspecified atom stereocenters. The summed E-state index contributed by atoms with van der Waals surface area (Å²) in [5, 5.41) is 6.40. The van der Waals surface area contributed by atoms with E-state index >= 15 is 0 Å². The van der Waals surface area contributed by atoms with Gasteiger partial charge in [-0.05, 0) is 6.92 Å². The van der Waals surface area contributed by atoms with Gasteiger partial charge in [0.2, 0.25) is 11.8 Å². The molecule has 21 heavy (non-hydrogen) atoms. The smallest absolute Gasteiger partial charge is 0.239 e. The maximum atomic E-state index is 11.9. The summed E-state index contributed by atoms with van der Waals surface area (Å²) in [5.41, 5.74) is 5.38. The molecule has 0 saturated carbocycles. The van der Waals surface area contributed by atoms with Crippen molar-refractivity contribution in [1.29, 1.82) is 0 Å². The van der Waals surface area contributed by atoms with E-state index in [0.717, 1.165) is 0 Å². The molecule has 2 amide bonds. The van der Waals surface area contributed by atoms with Gasteiger partial charge < -0.3 is 20.5 Å². The standard InChI is InChI=1S/C13H21N5O3/c1-10-8-11(16-21-10)15-12(19)9-17-4-6-18(7-5-17)13(20)2-3-14/h8H,2-7,9,14H2,1H3,(H,15,16,19). The van der Waals surface area contributed by atoms with Gasteiger partial charge in [0.15, 0.2) is 5.82 Å². The van der Waals surface area contributed by atoms with Gasteiger partial charge in [0.25, 0.3) is 0 Å². The van der Waals surface area contributed by atoms with Crippen LogP contribution in [0.1, 0.15) is 12.2 Å². The van der Waals surface area contributed by atoms with Crippen molar-refractivity contribution >= 4 is 17.6 Å². The molecule has 1 aliphatic rings. The summed E-state index contributed by atoms with van der Waals surface area (Å²) in [7, 11) is 0. The third-order valence-corrected chi connectivity index (χ3v) is 3.35. The van der Waals surface area contributed by atoms with Gasteiger partial charge in [0, 0.05) is 45.2 Å². The number of carbonyl (C=O) groups is 2. The Bertz CT molecular complexity index is 494. The molecule has 8 nitrogen and oxygen atoms in total. The van der Waals surface area contributed by atoms with Gasteiger partial charge >= 0.3 is 0 Å². The molecule has 2 rings (SSSR count). The Balaban J connectivity index is 1.73. The number of carbonyl (C=O) groups excluding carboxylic acids is 2. The predicted octanol–water partition coefficient (Wildman–Crippen LogP) is -0.585. The van der Waals surface area contributed by atoms with Crippen molar-refractivity contribution in [3.63, 3.8) is 0 Å². The quantitative estimate of drug-likeness (QED) is 0.752. The number of hydrogen-bond donors (Lipinski definition) is 2. The lowest BCUT2D eigenvalue weighted by Gasteiger charge is -2.34. The van der Waals surface area contributed by atoms with Crippen LogP contribution in [0.3, 0.4) is 0 Å². The third kappa shape index (κ3) is 4.54. The van der Waals surface area contributed by atoms with Crippen LogP contribution in [0.4, 0.5) is 5.82 Å². The van der Waals surface area contributed by atoms with Crippen LogP contribution in [-0.2, 0) is 9.59 Å². The van der Waals surface area contributed by atoms with Gasteiger partial charge in [-0.2, -0.15) is 0 Å². The molecule has 116 valence electrons. The van der Waals surface area contributed by atoms with E-state index in [1.807, 2.05) is 4.90 Å². The fourth-order valence-corrected chi connectivity index (χ4v) is 2.25. The molecular weight excluding hydrogens is 274 g/mol. The van der Waals surface area contributed by atoms with Crippen molar-refractivity contribution in [3.05, 3.63) is 11.8 Å². The predicted molar refractivity (Wildman–Crippen MR) is 76.6 cm³/mol. The highest BCUT2D eigenvalue weighted by Gasteiger charge is 2.22. The first-order valence-electron chi connectivity index (χ1n) is 7.02. The molecule has 1 aromatic rings. The normalized spacial score (nSPS) is 16.0. The molecule has 3 N–H and O–H groups in total. The second kappa shape index (κ2) is 7.19. The second-order valence-electron chi connectivity index (χ2n) is 5.07. The van der Waals surface area contributed by atoms with Crippen LogP contribution in [0, 0.1) is 6.92 Å². The maximum Gasteiger partial charge on any atom is 0.239 e. The van der Waals surface area contributed by atoms with Crippen molar-refractivity contribution in [2.75, 3.05) is 44.6 Å². The van der Waals surface area contributed by atoms with E-state index in [0.29, 0.717) is 50.7 Å². The monoisotopic (exact) mass is 295 g/mol.